The highest BCUT2D eigenvalue weighted by atomic mass is 16.5. The van der Waals surface area contributed by atoms with E-state index < -0.39 is 0 Å². The largest absolute Gasteiger partial charge is 0.464 e. The zero-order valence-corrected chi connectivity index (χ0v) is 14.4. The first-order chi connectivity index (χ1) is 11.6. The summed E-state index contributed by atoms with van der Waals surface area (Å²) in [5.41, 5.74) is 2.15. The Bertz CT molecular complexity index is 575. The van der Waals surface area contributed by atoms with Crippen LogP contribution in [0.4, 0.5) is 0 Å². The molecule has 130 valence electrons. The number of hydrogen-bond acceptors (Lipinski definition) is 4. The van der Waals surface area contributed by atoms with E-state index in [1.54, 1.807) is 0 Å². The van der Waals surface area contributed by atoms with Crippen molar-refractivity contribution in [3.05, 3.63) is 35.4 Å². The lowest BCUT2D eigenvalue weighted by atomic mass is 9.94. The van der Waals surface area contributed by atoms with E-state index in [1.165, 1.54) is 5.56 Å². The first-order valence-corrected chi connectivity index (χ1v) is 9.15. The summed E-state index contributed by atoms with van der Waals surface area (Å²) in [5.74, 6) is 0.171. The number of benzene rings is 1. The third-order valence-corrected chi connectivity index (χ3v) is 5.34. The first-order valence-electron chi connectivity index (χ1n) is 9.15. The molecule has 1 heterocycles. The van der Waals surface area contributed by atoms with Gasteiger partial charge in [-0.15, -0.1) is 0 Å². The van der Waals surface area contributed by atoms with Gasteiger partial charge in [-0.05, 0) is 56.7 Å². The van der Waals surface area contributed by atoms with Gasteiger partial charge in [0.1, 0.15) is 12.4 Å². The van der Waals surface area contributed by atoms with Gasteiger partial charge in [-0.3, -0.25) is 9.59 Å². The van der Waals surface area contributed by atoms with Gasteiger partial charge in [-0.1, -0.05) is 24.3 Å². The lowest BCUT2D eigenvalue weighted by Crippen LogP contribution is -2.29. The van der Waals surface area contributed by atoms with Crippen LogP contribution in [0.3, 0.4) is 0 Å². The summed E-state index contributed by atoms with van der Waals surface area (Å²) in [6, 6.07) is 8.39. The van der Waals surface area contributed by atoms with Crippen molar-refractivity contribution >= 4 is 11.8 Å². The average Bonchev–Trinajstić information content (AvgIpc) is 3.25. The summed E-state index contributed by atoms with van der Waals surface area (Å²) >= 11 is 0. The van der Waals surface area contributed by atoms with Gasteiger partial charge in [0.25, 0.3) is 0 Å². The van der Waals surface area contributed by atoms with Crippen LogP contribution >= 0.6 is 0 Å². The quantitative estimate of drug-likeness (QED) is 0.815. The number of rotatable bonds is 6. The number of carbonyl (C=O) groups excluding carboxylic acids is 2. The molecule has 0 amide bonds. The Morgan fingerprint density at radius 1 is 1.25 bits per heavy atom. The van der Waals surface area contributed by atoms with Gasteiger partial charge in [-0.25, -0.2) is 0 Å². The van der Waals surface area contributed by atoms with Crippen LogP contribution in [0.2, 0.25) is 0 Å². The van der Waals surface area contributed by atoms with Crippen molar-refractivity contribution in [3.63, 3.8) is 0 Å². The van der Waals surface area contributed by atoms with Crippen LogP contribution in [0.15, 0.2) is 24.3 Å². The Morgan fingerprint density at radius 3 is 2.67 bits per heavy atom. The van der Waals surface area contributed by atoms with Gasteiger partial charge in [0, 0.05) is 18.4 Å². The molecule has 3 unspecified atom stereocenters. The summed E-state index contributed by atoms with van der Waals surface area (Å²) in [5, 5.41) is 3.33. The lowest BCUT2D eigenvalue weighted by Gasteiger charge is -2.15. The number of ketones is 1. The van der Waals surface area contributed by atoms with E-state index in [1.807, 2.05) is 31.2 Å². The Kier molecular flexibility index (Phi) is 5.67. The van der Waals surface area contributed by atoms with E-state index in [0.29, 0.717) is 18.4 Å². The molecule has 24 heavy (non-hydrogen) atoms. The van der Waals surface area contributed by atoms with Gasteiger partial charge >= 0.3 is 5.97 Å². The van der Waals surface area contributed by atoms with Crippen LogP contribution in [0.5, 0.6) is 0 Å². The Labute approximate surface area is 144 Å². The number of hydrogen-bond donors (Lipinski definition) is 1. The Morgan fingerprint density at radius 2 is 2.04 bits per heavy atom. The number of esters is 1. The number of ether oxygens (including phenoxy) is 1. The van der Waals surface area contributed by atoms with E-state index in [-0.39, 0.29) is 17.8 Å². The van der Waals surface area contributed by atoms with E-state index in [0.717, 1.165) is 50.6 Å². The predicted octanol–water partition coefficient (Wildman–Crippen LogP) is 3.00. The molecule has 2 fully saturated rings. The molecule has 1 N–H and O–H groups in total. The van der Waals surface area contributed by atoms with Crippen LogP contribution in [-0.2, 0) is 20.7 Å². The van der Waals surface area contributed by atoms with Gasteiger partial charge in [0.15, 0.2) is 0 Å². The van der Waals surface area contributed by atoms with Crippen molar-refractivity contribution in [3.8, 4) is 0 Å². The van der Waals surface area contributed by atoms with Crippen LogP contribution in [0.25, 0.3) is 0 Å². The highest BCUT2D eigenvalue weighted by Gasteiger charge is 2.25. The summed E-state index contributed by atoms with van der Waals surface area (Å²) in [6.45, 7) is 3.37. The fraction of sp³-hybridized carbons (Fsp3) is 0.600. The maximum Gasteiger partial charge on any atom is 0.313 e. The monoisotopic (exact) mass is 329 g/mol. The normalized spacial score (nSPS) is 25.0. The van der Waals surface area contributed by atoms with Crippen LogP contribution in [0, 0.1) is 5.92 Å². The maximum atomic E-state index is 12.2. The molecule has 1 aliphatic carbocycles. The van der Waals surface area contributed by atoms with Crippen molar-refractivity contribution in [1.82, 2.24) is 5.32 Å². The zero-order valence-electron chi connectivity index (χ0n) is 14.4. The summed E-state index contributed by atoms with van der Waals surface area (Å²) in [7, 11) is 0. The molecule has 1 aromatic rings. The highest BCUT2D eigenvalue weighted by Crippen LogP contribution is 2.26. The molecular weight excluding hydrogens is 302 g/mol. The molecule has 4 nitrogen and oxygen atoms in total. The number of nitrogens with one attached hydrogen (secondary N) is 1. The van der Waals surface area contributed by atoms with Gasteiger partial charge in [0.2, 0.25) is 0 Å². The molecule has 0 bridgehead atoms. The summed E-state index contributed by atoms with van der Waals surface area (Å²) in [6.07, 6.45) is 5.84. The first kappa shape index (κ1) is 17.2. The smallest absolute Gasteiger partial charge is 0.313 e. The van der Waals surface area contributed by atoms with Gasteiger partial charge in [-0.2, -0.15) is 0 Å². The molecule has 4 heteroatoms. The molecule has 0 aromatic heterocycles. The minimum absolute atomic E-state index is 0.164. The Balaban J connectivity index is 1.51. The predicted molar refractivity (Wildman–Crippen MR) is 92.9 cm³/mol. The molecule has 0 spiro atoms. The zero-order chi connectivity index (χ0) is 16.9. The fourth-order valence-electron chi connectivity index (χ4n) is 3.67. The molecule has 3 atom stereocenters. The molecular formula is C20H27NO3. The van der Waals surface area contributed by atoms with Crippen molar-refractivity contribution in [2.75, 3.05) is 13.2 Å². The van der Waals surface area contributed by atoms with Gasteiger partial charge in [0.05, 0.1) is 5.92 Å². The van der Waals surface area contributed by atoms with E-state index >= 15 is 0 Å². The van der Waals surface area contributed by atoms with Crippen molar-refractivity contribution < 1.29 is 14.3 Å². The SMILES string of the molecule is CC(C(=O)OCC1CCCN1)c1ccc(CC2CCCC2=O)cc1. The van der Waals surface area contributed by atoms with Crippen LogP contribution in [0.1, 0.15) is 56.1 Å². The van der Waals surface area contributed by atoms with Crippen molar-refractivity contribution in [2.45, 2.75) is 57.4 Å². The summed E-state index contributed by atoms with van der Waals surface area (Å²) < 4.78 is 5.45. The molecule has 1 aliphatic heterocycles. The average molecular weight is 329 g/mol. The van der Waals surface area contributed by atoms with Crippen LogP contribution in [-0.4, -0.2) is 30.9 Å². The second kappa shape index (κ2) is 7.93. The van der Waals surface area contributed by atoms with Crippen molar-refractivity contribution in [2.24, 2.45) is 5.92 Å². The molecule has 0 radical (unpaired) electrons. The minimum atomic E-state index is -0.256. The third-order valence-electron chi connectivity index (χ3n) is 5.34. The van der Waals surface area contributed by atoms with E-state index in [9.17, 15) is 9.59 Å². The topological polar surface area (TPSA) is 55.4 Å². The number of carbonyl (C=O) groups is 2. The molecule has 2 aliphatic rings. The lowest BCUT2D eigenvalue weighted by molar-refractivity contribution is -0.145. The molecule has 1 saturated carbocycles. The fourth-order valence-corrected chi connectivity index (χ4v) is 3.67. The molecule has 1 saturated heterocycles. The van der Waals surface area contributed by atoms with E-state index in [4.69, 9.17) is 4.74 Å². The Hall–Kier alpha value is -1.68. The minimum Gasteiger partial charge on any atom is -0.464 e. The summed E-state index contributed by atoms with van der Waals surface area (Å²) in [4.78, 5) is 24.0. The number of Topliss-reactive ketones (excluding diaryl/α,β-unsaturated/α-hetero) is 1. The molecule has 3 rings (SSSR count). The molecule has 1 aromatic carbocycles. The van der Waals surface area contributed by atoms with Crippen molar-refractivity contribution in [1.29, 1.82) is 0 Å². The highest BCUT2D eigenvalue weighted by molar-refractivity contribution is 5.83. The third kappa shape index (κ3) is 4.23. The van der Waals surface area contributed by atoms with Gasteiger partial charge < -0.3 is 10.1 Å². The standard InChI is InChI=1S/C20H27NO3/c1-14(20(23)24-13-18-5-3-11-21-18)16-9-7-15(8-10-16)12-17-4-2-6-19(17)22/h7-10,14,17-18,21H,2-6,11-13H2,1H3. The second-order valence-electron chi connectivity index (χ2n) is 7.15. The van der Waals surface area contributed by atoms with Crippen LogP contribution < -0.4 is 5.32 Å². The maximum absolute atomic E-state index is 12.2. The second-order valence-corrected chi connectivity index (χ2v) is 7.15. The van der Waals surface area contributed by atoms with E-state index in [2.05, 4.69) is 5.32 Å².